The molecule has 0 atom stereocenters. The first-order chi connectivity index (χ1) is 9.68. The molecule has 0 radical (unpaired) electrons. The molecule has 20 heavy (non-hydrogen) atoms. The summed E-state index contributed by atoms with van der Waals surface area (Å²) in [6.07, 6.45) is 0. The van der Waals surface area contributed by atoms with E-state index >= 15 is 0 Å². The highest BCUT2D eigenvalue weighted by atomic mass is 32.2. The lowest BCUT2D eigenvalue weighted by molar-refractivity contribution is -0.0765. The van der Waals surface area contributed by atoms with Crippen molar-refractivity contribution in [1.29, 1.82) is 0 Å². The van der Waals surface area contributed by atoms with Crippen LogP contribution in [0.1, 0.15) is 0 Å². The van der Waals surface area contributed by atoms with Gasteiger partial charge < -0.3 is 4.89 Å². The van der Waals surface area contributed by atoms with Crippen LogP contribution in [0.15, 0.2) is 76.4 Å². The number of hydrogen-bond donors (Lipinski definition) is 0. The minimum absolute atomic E-state index is 0.237. The van der Waals surface area contributed by atoms with Crippen LogP contribution < -0.4 is 4.89 Å². The van der Waals surface area contributed by atoms with Crippen molar-refractivity contribution in [2.75, 3.05) is 0 Å². The fraction of sp³-hybridized carbons (Fsp3) is 0. The van der Waals surface area contributed by atoms with E-state index in [1.165, 1.54) is 17.5 Å². The van der Waals surface area contributed by atoms with E-state index in [0.29, 0.717) is 5.75 Å². The van der Waals surface area contributed by atoms with Crippen molar-refractivity contribution in [1.82, 2.24) is 0 Å². The van der Waals surface area contributed by atoms with Gasteiger partial charge in [-0.3, -0.25) is 0 Å². The van der Waals surface area contributed by atoms with E-state index in [4.69, 9.17) is 9.22 Å². The molecule has 0 aliphatic heterocycles. The van der Waals surface area contributed by atoms with E-state index in [-0.39, 0.29) is 4.90 Å². The van der Waals surface area contributed by atoms with Gasteiger partial charge >= 0.3 is 0 Å². The topological polar surface area (TPSA) is 52.6 Å². The van der Waals surface area contributed by atoms with Crippen LogP contribution in [-0.2, 0) is 14.2 Å². The Morgan fingerprint density at radius 2 is 1.50 bits per heavy atom. The smallest absolute Gasteiger partial charge is 0.200 e. The first-order valence-electron chi connectivity index (χ1n) is 5.70. The molecule has 4 nitrogen and oxygen atoms in total. The molecule has 2 aromatic rings. The average molecular weight is 308 g/mol. The molecule has 104 valence electrons. The second-order valence-corrected chi connectivity index (χ2v) is 6.13. The molecule has 0 heterocycles. The van der Waals surface area contributed by atoms with Crippen LogP contribution >= 0.6 is 12.0 Å². The van der Waals surface area contributed by atoms with Gasteiger partial charge in [-0.15, -0.1) is 4.33 Å². The summed E-state index contributed by atoms with van der Waals surface area (Å²) in [5.74, 6) is 0.541. The highest BCUT2D eigenvalue weighted by molar-refractivity contribution is 7.99. The Balaban J connectivity index is 1.85. The zero-order valence-corrected chi connectivity index (χ0v) is 12.0. The van der Waals surface area contributed by atoms with Crippen LogP contribution in [0.2, 0.25) is 0 Å². The van der Waals surface area contributed by atoms with Crippen molar-refractivity contribution in [3.05, 3.63) is 71.5 Å². The van der Waals surface area contributed by atoms with E-state index in [0.717, 1.165) is 17.5 Å². The Morgan fingerprint density at radius 1 is 0.900 bits per heavy atom. The standard InChI is InChI=1S/C14H12O4S2/c15-20(16,14-9-5-2-6-10-14)12-11-19-18-17-13-7-3-1-4-8-13/h1-12H/b12-11-. The van der Waals surface area contributed by atoms with Crippen LogP contribution in [0, 0.1) is 0 Å². The van der Waals surface area contributed by atoms with Gasteiger partial charge in [0.15, 0.2) is 15.6 Å². The normalized spacial score (nSPS) is 11.6. The second-order valence-electron chi connectivity index (χ2n) is 3.69. The van der Waals surface area contributed by atoms with Gasteiger partial charge in [-0.05, 0) is 24.3 Å². The average Bonchev–Trinajstić information content (AvgIpc) is 2.49. The van der Waals surface area contributed by atoms with E-state index in [9.17, 15) is 8.42 Å². The van der Waals surface area contributed by atoms with Crippen molar-refractivity contribution < 1.29 is 17.6 Å². The van der Waals surface area contributed by atoms with Crippen LogP contribution in [0.4, 0.5) is 0 Å². The quantitative estimate of drug-likeness (QED) is 0.353. The van der Waals surface area contributed by atoms with Crippen molar-refractivity contribution >= 4 is 21.9 Å². The SMILES string of the molecule is O=S(=O)(/C=C\SOOc1ccccc1)c1ccccc1. The molecule has 0 saturated carbocycles. The molecule has 0 aromatic heterocycles. The largest absolute Gasteiger partial charge is 0.325 e. The summed E-state index contributed by atoms with van der Waals surface area (Å²) in [5.41, 5.74) is 0. The molecule has 0 aliphatic rings. The Hall–Kier alpha value is -1.76. The lowest BCUT2D eigenvalue weighted by Gasteiger charge is -2.00. The fourth-order valence-corrected chi connectivity index (χ4v) is 2.97. The number of rotatable bonds is 6. The first kappa shape index (κ1) is 14.6. The van der Waals surface area contributed by atoms with Crippen LogP contribution in [-0.4, -0.2) is 8.42 Å². The van der Waals surface area contributed by atoms with Crippen molar-refractivity contribution in [3.8, 4) is 5.75 Å². The number of para-hydroxylation sites is 1. The molecule has 0 saturated heterocycles. The van der Waals surface area contributed by atoms with Crippen molar-refractivity contribution in [2.45, 2.75) is 4.90 Å². The Bertz CT molecular complexity index is 652. The Labute approximate surface area is 122 Å². The van der Waals surface area contributed by atoms with Gasteiger partial charge in [0.1, 0.15) is 0 Å². The summed E-state index contributed by atoms with van der Waals surface area (Å²) in [7, 11) is -3.44. The third kappa shape index (κ3) is 4.41. The fourth-order valence-electron chi connectivity index (χ4n) is 1.34. The second kappa shape index (κ2) is 7.14. The van der Waals surface area contributed by atoms with E-state index < -0.39 is 9.84 Å². The molecule has 0 fully saturated rings. The lowest BCUT2D eigenvalue weighted by Crippen LogP contribution is -1.95. The highest BCUT2D eigenvalue weighted by Gasteiger charge is 2.08. The lowest BCUT2D eigenvalue weighted by atomic mass is 10.3. The molecule has 0 N–H and O–H groups in total. The first-order valence-corrected chi connectivity index (χ1v) is 8.05. The van der Waals surface area contributed by atoms with E-state index in [2.05, 4.69) is 0 Å². The van der Waals surface area contributed by atoms with Crippen LogP contribution in [0.5, 0.6) is 5.75 Å². The summed E-state index contributed by atoms with van der Waals surface area (Å²) >= 11 is 0.788. The molecular formula is C14H12O4S2. The summed E-state index contributed by atoms with van der Waals surface area (Å²) in [5, 5.41) is 2.38. The van der Waals surface area contributed by atoms with Crippen LogP contribution in [0.3, 0.4) is 0 Å². The number of sulfone groups is 1. The molecule has 2 aromatic carbocycles. The monoisotopic (exact) mass is 308 g/mol. The molecular weight excluding hydrogens is 296 g/mol. The van der Waals surface area contributed by atoms with Gasteiger partial charge in [0.25, 0.3) is 0 Å². The molecule has 6 heteroatoms. The van der Waals surface area contributed by atoms with Gasteiger partial charge in [-0.2, -0.15) is 0 Å². The van der Waals surface area contributed by atoms with Gasteiger partial charge in [0.05, 0.1) is 16.9 Å². The molecule has 0 spiro atoms. The zero-order chi connectivity index (χ0) is 14.3. The Morgan fingerprint density at radius 3 is 2.15 bits per heavy atom. The van der Waals surface area contributed by atoms with Crippen molar-refractivity contribution in [2.24, 2.45) is 0 Å². The molecule has 0 bridgehead atoms. The molecule has 0 unspecified atom stereocenters. The maximum Gasteiger partial charge on any atom is 0.200 e. The maximum absolute atomic E-state index is 11.9. The highest BCUT2D eigenvalue weighted by Crippen LogP contribution is 2.16. The molecule has 0 amide bonds. The summed E-state index contributed by atoms with van der Waals surface area (Å²) < 4.78 is 28.6. The minimum atomic E-state index is -3.44. The minimum Gasteiger partial charge on any atom is -0.325 e. The predicted molar refractivity (Wildman–Crippen MR) is 78.5 cm³/mol. The van der Waals surface area contributed by atoms with Crippen molar-refractivity contribution in [3.63, 3.8) is 0 Å². The zero-order valence-electron chi connectivity index (χ0n) is 10.4. The van der Waals surface area contributed by atoms with Gasteiger partial charge in [-0.25, -0.2) is 8.42 Å². The van der Waals surface area contributed by atoms with Crippen LogP contribution in [0.25, 0.3) is 0 Å². The summed E-state index contributed by atoms with van der Waals surface area (Å²) in [6.45, 7) is 0. The van der Waals surface area contributed by atoms with Gasteiger partial charge in [0, 0.05) is 10.8 Å². The maximum atomic E-state index is 11.9. The molecule has 0 aliphatic carbocycles. The van der Waals surface area contributed by atoms with E-state index in [1.54, 1.807) is 42.5 Å². The Kier molecular flexibility index (Phi) is 5.23. The summed E-state index contributed by atoms with van der Waals surface area (Å²) in [4.78, 5) is 5.18. The summed E-state index contributed by atoms with van der Waals surface area (Å²) in [6, 6.07) is 17.1. The predicted octanol–water partition coefficient (Wildman–Crippen LogP) is 3.59. The third-order valence-corrected chi connectivity index (χ3v) is 4.26. The third-order valence-electron chi connectivity index (χ3n) is 2.27. The molecule has 2 rings (SSSR count). The number of hydrogen-bond acceptors (Lipinski definition) is 5. The van der Waals surface area contributed by atoms with E-state index in [1.807, 2.05) is 6.07 Å². The van der Waals surface area contributed by atoms with Gasteiger partial charge in [-0.1, -0.05) is 36.4 Å². The number of benzene rings is 2. The van der Waals surface area contributed by atoms with Gasteiger partial charge in [0.2, 0.25) is 0 Å².